The minimum Gasteiger partial charge on any atom is -0.497 e. The van der Waals surface area contributed by atoms with E-state index in [1.807, 2.05) is 45.0 Å². The molecule has 0 bridgehead atoms. The maximum absolute atomic E-state index is 11.3. The standard InChI is InChI=1S/C15H23ClO4S/c1-15(2,3)13(11-21(16,17)18)10-20-9-12-5-7-14(19-4)8-6-12/h5-8,13H,9-11H2,1-4H3. The van der Waals surface area contributed by atoms with Gasteiger partial charge in [0.15, 0.2) is 0 Å². The molecule has 0 aliphatic carbocycles. The van der Waals surface area contributed by atoms with Crippen LogP contribution in [0.4, 0.5) is 0 Å². The van der Waals surface area contributed by atoms with Gasteiger partial charge >= 0.3 is 0 Å². The van der Waals surface area contributed by atoms with E-state index in [4.69, 9.17) is 20.2 Å². The predicted octanol–water partition coefficient (Wildman–Crippen LogP) is 3.44. The number of rotatable bonds is 7. The van der Waals surface area contributed by atoms with Crippen LogP contribution >= 0.6 is 10.7 Å². The molecule has 120 valence electrons. The molecule has 4 nitrogen and oxygen atoms in total. The molecule has 0 aliphatic heterocycles. The lowest BCUT2D eigenvalue weighted by Crippen LogP contribution is -2.30. The van der Waals surface area contributed by atoms with Crippen LogP contribution in [0.2, 0.25) is 0 Å². The largest absolute Gasteiger partial charge is 0.497 e. The number of hydrogen-bond donors (Lipinski definition) is 0. The summed E-state index contributed by atoms with van der Waals surface area (Å²) >= 11 is 0. The van der Waals surface area contributed by atoms with Crippen molar-refractivity contribution in [1.82, 2.24) is 0 Å². The van der Waals surface area contributed by atoms with Crippen molar-refractivity contribution in [3.63, 3.8) is 0 Å². The van der Waals surface area contributed by atoms with E-state index < -0.39 is 9.05 Å². The molecule has 21 heavy (non-hydrogen) atoms. The molecular weight excluding hydrogens is 312 g/mol. The summed E-state index contributed by atoms with van der Waals surface area (Å²) in [5, 5.41) is 0. The molecule has 0 aromatic heterocycles. The molecule has 6 heteroatoms. The highest BCUT2D eigenvalue weighted by atomic mass is 35.7. The van der Waals surface area contributed by atoms with Crippen LogP contribution in [-0.4, -0.2) is 27.9 Å². The molecule has 0 spiro atoms. The highest BCUT2D eigenvalue weighted by Crippen LogP contribution is 2.28. The quantitative estimate of drug-likeness (QED) is 0.717. The average Bonchev–Trinajstić information content (AvgIpc) is 2.36. The van der Waals surface area contributed by atoms with Gasteiger partial charge in [0.2, 0.25) is 9.05 Å². The molecule has 0 heterocycles. The second-order valence-electron chi connectivity index (χ2n) is 6.13. The summed E-state index contributed by atoms with van der Waals surface area (Å²) in [6.07, 6.45) is 0. The van der Waals surface area contributed by atoms with Gasteiger partial charge in [0.1, 0.15) is 5.75 Å². The van der Waals surface area contributed by atoms with E-state index in [-0.39, 0.29) is 17.1 Å². The van der Waals surface area contributed by atoms with Gasteiger partial charge in [0, 0.05) is 16.6 Å². The maximum Gasteiger partial charge on any atom is 0.232 e. The molecule has 0 fully saturated rings. The van der Waals surface area contributed by atoms with Gasteiger partial charge in [0.25, 0.3) is 0 Å². The lowest BCUT2D eigenvalue weighted by Gasteiger charge is -2.29. The SMILES string of the molecule is COc1ccc(COCC(CS(=O)(=O)Cl)C(C)(C)C)cc1. The second-order valence-corrected chi connectivity index (χ2v) is 8.95. The molecule has 0 saturated carbocycles. The Kier molecular flexibility index (Phi) is 6.50. The molecule has 0 aliphatic rings. The minimum absolute atomic E-state index is 0.0827. The first-order valence-electron chi connectivity index (χ1n) is 6.75. The Morgan fingerprint density at radius 3 is 2.19 bits per heavy atom. The molecule has 1 atom stereocenters. The van der Waals surface area contributed by atoms with E-state index in [0.29, 0.717) is 13.2 Å². The lowest BCUT2D eigenvalue weighted by atomic mass is 9.82. The number of methoxy groups -OCH3 is 1. The molecule has 0 saturated heterocycles. The van der Waals surface area contributed by atoms with Gasteiger partial charge in [-0.15, -0.1) is 0 Å². The Morgan fingerprint density at radius 1 is 1.19 bits per heavy atom. The van der Waals surface area contributed by atoms with Crippen LogP contribution in [0.15, 0.2) is 24.3 Å². The average molecular weight is 335 g/mol. The van der Waals surface area contributed by atoms with Crippen LogP contribution in [0.25, 0.3) is 0 Å². The van der Waals surface area contributed by atoms with Gasteiger partial charge in [0.05, 0.1) is 26.1 Å². The van der Waals surface area contributed by atoms with Crippen molar-refractivity contribution in [3.05, 3.63) is 29.8 Å². The van der Waals surface area contributed by atoms with Gasteiger partial charge in [-0.05, 0) is 23.1 Å². The number of ether oxygens (including phenoxy) is 2. The summed E-state index contributed by atoms with van der Waals surface area (Å²) in [5.74, 6) is 0.554. The second kappa shape index (κ2) is 7.47. The Morgan fingerprint density at radius 2 is 1.76 bits per heavy atom. The molecule has 1 aromatic rings. The van der Waals surface area contributed by atoms with Crippen LogP contribution in [0.1, 0.15) is 26.3 Å². The Hall–Kier alpha value is -0.780. The summed E-state index contributed by atoms with van der Waals surface area (Å²) in [6.45, 7) is 6.73. The Bertz CT molecular complexity index is 532. The van der Waals surface area contributed by atoms with Crippen molar-refractivity contribution in [2.75, 3.05) is 19.5 Å². The minimum atomic E-state index is -3.53. The first kappa shape index (κ1) is 18.3. The van der Waals surface area contributed by atoms with E-state index in [0.717, 1.165) is 11.3 Å². The van der Waals surface area contributed by atoms with Gasteiger partial charge in [-0.25, -0.2) is 8.42 Å². The van der Waals surface area contributed by atoms with Crippen LogP contribution in [0.5, 0.6) is 5.75 Å². The summed E-state index contributed by atoms with van der Waals surface area (Å²) in [5.41, 5.74) is 0.819. The zero-order valence-electron chi connectivity index (χ0n) is 12.9. The maximum atomic E-state index is 11.3. The molecule has 1 aromatic carbocycles. The van der Waals surface area contributed by atoms with E-state index in [1.165, 1.54) is 0 Å². The summed E-state index contributed by atoms with van der Waals surface area (Å²) < 4.78 is 33.3. The summed E-state index contributed by atoms with van der Waals surface area (Å²) in [4.78, 5) is 0. The smallest absolute Gasteiger partial charge is 0.232 e. The van der Waals surface area contributed by atoms with Crippen LogP contribution in [0.3, 0.4) is 0 Å². The number of halogens is 1. The summed E-state index contributed by atoms with van der Waals surface area (Å²) in [6, 6.07) is 7.57. The summed E-state index contributed by atoms with van der Waals surface area (Å²) in [7, 11) is 3.45. The van der Waals surface area contributed by atoms with Gasteiger partial charge < -0.3 is 9.47 Å². The monoisotopic (exact) mass is 334 g/mol. The third-order valence-corrected chi connectivity index (χ3v) is 4.55. The Labute approximate surface area is 131 Å². The van der Waals surface area contributed by atoms with Crippen molar-refractivity contribution in [1.29, 1.82) is 0 Å². The van der Waals surface area contributed by atoms with Gasteiger partial charge in [-0.3, -0.25) is 0 Å². The fourth-order valence-electron chi connectivity index (χ4n) is 1.83. The van der Waals surface area contributed by atoms with Crippen LogP contribution in [-0.2, 0) is 20.4 Å². The molecule has 0 N–H and O–H groups in total. The topological polar surface area (TPSA) is 52.6 Å². The van der Waals surface area contributed by atoms with E-state index in [2.05, 4.69) is 0 Å². The van der Waals surface area contributed by atoms with Gasteiger partial charge in [-0.1, -0.05) is 32.9 Å². The zero-order chi connectivity index (χ0) is 16.1. The third-order valence-electron chi connectivity index (χ3n) is 3.37. The van der Waals surface area contributed by atoms with Crippen LogP contribution in [0, 0.1) is 11.3 Å². The number of benzene rings is 1. The van der Waals surface area contributed by atoms with Crippen molar-refractivity contribution in [2.45, 2.75) is 27.4 Å². The molecule has 0 amide bonds. The first-order valence-corrected chi connectivity index (χ1v) is 9.22. The van der Waals surface area contributed by atoms with Crippen LogP contribution < -0.4 is 4.74 Å². The van der Waals surface area contributed by atoms with Gasteiger partial charge in [-0.2, -0.15) is 0 Å². The van der Waals surface area contributed by atoms with Crippen molar-refractivity contribution in [2.24, 2.45) is 11.3 Å². The van der Waals surface area contributed by atoms with Crippen molar-refractivity contribution >= 4 is 19.7 Å². The predicted molar refractivity (Wildman–Crippen MR) is 85.2 cm³/mol. The number of hydrogen-bond acceptors (Lipinski definition) is 4. The highest BCUT2D eigenvalue weighted by Gasteiger charge is 2.29. The molecule has 0 radical (unpaired) electrons. The first-order chi connectivity index (χ1) is 9.62. The third kappa shape index (κ3) is 7.16. The highest BCUT2D eigenvalue weighted by molar-refractivity contribution is 8.13. The van der Waals surface area contributed by atoms with E-state index in [1.54, 1.807) is 7.11 Å². The molecular formula is C15H23ClO4S. The molecule has 1 unspecified atom stereocenters. The van der Waals surface area contributed by atoms with Crippen molar-refractivity contribution in [3.8, 4) is 5.75 Å². The Balaban J connectivity index is 2.57. The fourth-order valence-corrected chi connectivity index (χ4v) is 3.36. The normalized spacial score (nSPS) is 14.0. The zero-order valence-corrected chi connectivity index (χ0v) is 14.5. The van der Waals surface area contributed by atoms with E-state index >= 15 is 0 Å². The van der Waals surface area contributed by atoms with E-state index in [9.17, 15) is 8.42 Å². The fraction of sp³-hybridized carbons (Fsp3) is 0.600. The lowest BCUT2D eigenvalue weighted by molar-refractivity contribution is 0.0553. The molecule has 1 rings (SSSR count). The van der Waals surface area contributed by atoms with Crippen molar-refractivity contribution < 1.29 is 17.9 Å².